The van der Waals surface area contributed by atoms with Crippen LogP contribution >= 0.6 is 22.9 Å². The minimum atomic E-state index is -0.0332. The molecule has 116 valence electrons. The van der Waals surface area contributed by atoms with Gasteiger partial charge in [-0.05, 0) is 18.9 Å². The number of hydrogen-bond acceptors (Lipinski definition) is 4. The Labute approximate surface area is 138 Å². The highest BCUT2D eigenvalue weighted by Gasteiger charge is 2.28. The molecule has 3 rings (SSSR count). The predicted octanol–water partition coefficient (Wildman–Crippen LogP) is 2.99. The first-order chi connectivity index (χ1) is 10.7. The number of thiazole rings is 1. The number of aliphatic hydroxyl groups excluding tert-OH is 1. The second kappa shape index (κ2) is 6.77. The van der Waals surface area contributed by atoms with Gasteiger partial charge in [0.1, 0.15) is 5.01 Å². The molecule has 2 heterocycles. The Balaban J connectivity index is 1.72. The molecule has 1 aromatic carbocycles. The lowest BCUT2D eigenvalue weighted by molar-refractivity contribution is -0.132. The number of hydrogen-bond donors (Lipinski definition) is 1. The zero-order chi connectivity index (χ0) is 15.5. The molecule has 1 N–H and O–H groups in total. The minimum Gasteiger partial charge on any atom is -0.394 e. The maximum Gasteiger partial charge on any atom is 0.228 e. The summed E-state index contributed by atoms with van der Waals surface area (Å²) in [5.74, 6) is 0.0348. The normalized spacial score (nSPS) is 17.9. The summed E-state index contributed by atoms with van der Waals surface area (Å²) in [6.45, 7) is 0.763. The number of carbonyl (C=O) groups excluding carboxylic acids is 1. The molecule has 1 aliphatic rings. The molecule has 0 radical (unpaired) electrons. The smallest absolute Gasteiger partial charge is 0.228 e. The number of amides is 1. The summed E-state index contributed by atoms with van der Waals surface area (Å²) in [5.41, 5.74) is 1.65. The predicted molar refractivity (Wildman–Crippen MR) is 88.1 cm³/mol. The SMILES string of the molecule is O=C(Cc1csc(-c2ccccc2Cl)n1)N1CCC[C@@H]1CO. The first-order valence-corrected chi connectivity index (χ1v) is 8.54. The molecule has 0 saturated carbocycles. The first kappa shape index (κ1) is 15.5. The van der Waals surface area contributed by atoms with Crippen molar-refractivity contribution in [2.45, 2.75) is 25.3 Å². The number of nitrogens with zero attached hydrogens (tertiary/aromatic N) is 2. The van der Waals surface area contributed by atoms with Crippen LogP contribution in [0.15, 0.2) is 29.6 Å². The van der Waals surface area contributed by atoms with E-state index in [4.69, 9.17) is 11.6 Å². The molecule has 1 fully saturated rings. The molecular formula is C16H17ClN2O2S. The third-order valence-electron chi connectivity index (χ3n) is 3.90. The van der Waals surface area contributed by atoms with Crippen LogP contribution in [0.1, 0.15) is 18.5 Å². The standard InChI is InChI=1S/C16H17ClN2O2S/c17-14-6-2-1-5-13(14)16-18-11(10-22-16)8-15(21)19-7-3-4-12(19)9-20/h1-2,5-6,10,12,20H,3-4,7-9H2/t12-/m1/s1. The maximum atomic E-state index is 12.4. The highest BCUT2D eigenvalue weighted by molar-refractivity contribution is 7.13. The van der Waals surface area contributed by atoms with E-state index in [-0.39, 0.29) is 25.0 Å². The quantitative estimate of drug-likeness (QED) is 0.933. The fraction of sp³-hybridized carbons (Fsp3) is 0.375. The molecule has 0 bridgehead atoms. The molecule has 1 amide bonds. The van der Waals surface area contributed by atoms with Gasteiger partial charge in [-0.3, -0.25) is 4.79 Å². The van der Waals surface area contributed by atoms with Crippen molar-refractivity contribution in [3.05, 3.63) is 40.4 Å². The van der Waals surface area contributed by atoms with Crippen molar-refractivity contribution >= 4 is 28.8 Å². The van der Waals surface area contributed by atoms with Gasteiger partial charge < -0.3 is 10.0 Å². The van der Waals surface area contributed by atoms with Crippen LogP contribution in [-0.4, -0.2) is 40.1 Å². The van der Waals surface area contributed by atoms with E-state index in [1.54, 1.807) is 4.90 Å². The molecule has 0 aliphatic carbocycles. The van der Waals surface area contributed by atoms with Crippen molar-refractivity contribution in [3.8, 4) is 10.6 Å². The van der Waals surface area contributed by atoms with E-state index in [9.17, 15) is 9.90 Å². The second-order valence-electron chi connectivity index (χ2n) is 5.37. The Morgan fingerprint density at radius 2 is 2.27 bits per heavy atom. The van der Waals surface area contributed by atoms with Gasteiger partial charge >= 0.3 is 0 Å². The molecule has 2 aromatic rings. The van der Waals surface area contributed by atoms with Gasteiger partial charge in [-0.15, -0.1) is 11.3 Å². The Bertz CT molecular complexity index is 674. The number of aromatic nitrogens is 1. The maximum absolute atomic E-state index is 12.4. The fourth-order valence-electron chi connectivity index (χ4n) is 2.76. The van der Waals surface area contributed by atoms with Crippen LogP contribution in [0.2, 0.25) is 5.02 Å². The Kier molecular flexibility index (Phi) is 4.76. The topological polar surface area (TPSA) is 53.4 Å². The van der Waals surface area contributed by atoms with Gasteiger partial charge in [-0.25, -0.2) is 4.98 Å². The highest BCUT2D eigenvalue weighted by atomic mass is 35.5. The third-order valence-corrected chi connectivity index (χ3v) is 5.15. The molecule has 1 atom stereocenters. The molecule has 1 aromatic heterocycles. The largest absolute Gasteiger partial charge is 0.394 e. The van der Waals surface area contributed by atoms with E-state index in [2.05, 4.69) is 4.98 Å². The summed E-state index contributed by atoms with van der Waals surface area (Å²) in [5, 5.41) is 12.7. The van der Waals surface area contributed by atoms with E-state index in [0.717, 1.165) is 35.7 Å². The molecule has 22 heavy (non-hydrogen) atoms. The van der Waals surface area contributed by atoms with Crippen molar-refractivity contribution < 1.29 is 9.90 Å². The third kappa shape index (κ3) is 3.16. The first-order valence-electron chi connectivity index (χ1n) is 7.28. The van der Waals surface area contributed by atoms with Gasteiger partial charge in [0.2, 0.25) is 5.91 Å². The molecule has 6 heteroatoms. The van der Waals surface area contributed by atoms with Crippen LogP contribution in [0, 0.1) is 0 Å². The summed E-state index contributed by atoms with van der Waals surface area (Å²) in [6.07, 6.45) is 2.11. The highest BCUT2D eigenvalue weighted by Crippen LogP contribution is 2.30. The van der Waals surface area contributed by atoms with Crippen LogP contribution in [0.3, 0.4) is 0 Å². The van der Waals surface area contributed by atoms with Crippen LogP contribution in [0.5, 0.6) is 0 Å². The van der Waals surface area contributed by atoms with E-state index < -0.39 is 0 Å². The molecular weight excluding hydrogens is 320 g/mol. The van der Waals surface area contributed by atoms with Crippen LogP contribution in [-0.2, 0) is 11.2 Å². The number of carbonyl (C=O) groups is 1. The van der Waals surface area contributed by atoms with Crippen molar-refractivity contribution in [1.29, 1.82) is 0 Å². The molecule has 4 nitrogen and oxygen atoms in total. The molecule has 1 aliphatic heterocycles. The minimum absolute atomic E-state index is 0.0332. The molecule has 0 unspecified atom stereocenters. The number of likely N-dealkylation sites (tertiary alicyclic amines) is 1. The van der Waals surface area contributed by atoms with Gasteiger partial charge in [0, 0.05) is 17.5 Å². The van der Waals surface area contributed by atoms with Gasteiger partial charge in [-0.1, -0.05) is 29.8 Å². The number of rotatable bonds is 4. The van der Waals surface area contributed by atoms with Crippen molar-refractivity contribution in [3.63, 3.8) is 0 Å². The summed E-state index contributed by atoms with van der Waals surface area (Å²) in [4.78, 5) is 18.7. The summed E-state index contributed by atoms with van der Waals surface area (Å²) < 4.78 is 0. The fourth-order valence-corrected chi connectivity index (χ4v) is 3.90. The lowest BCUT2D eigenvalue weighted by Crippen LogP contribution is -2.38. The second-order valence-corrected chi connectivity index (χ2v) is 6.63. The summed E-state index contributed by atoms with van der Waals surface area (Å²) in [7, 11) is 0. The Morgan fingerprint density at radius 1 is 1.45 bits per heavy atom. The zero-order valence-corrected chi connectivity index (χ0v) is 13.6. The molecule has 1 saturated heterocycles. The van der Waals surface area contributed by atoms with Crippen molar-refractivity contribution in [2.75, 3.05) is 13.2 Å². The monoisotopic (exact) mass is 336 g/mol. The van der Waals surface area contributed by atoms with Crippen molar-refractivity contribution in [2.24, 2.45) is 0 Å². The number of halogens is 1. The van der Waals surface area contributed by atoms with Crippen LogP contribution in [0.4, 0.5) is 0 Å². The van der Waals surface area contributed by atoms with Crippen LogP contribution in [0.25, 0.3) is 10.6 Å². The number of aliphatic hydroxyl groups is 1. The lowest BCUT2D eigenvalue weighted by Gasteiger charge is -2.22. The average molecular weight is 337 g/mol. The molecule has 0 spiro atoms. The van der Waals surface area contributed by atoms with Gasteiger partial charge in [0.25, 0.3) is 0 Å². The Morgan fingerprint density at radius 3 is 3.05 bits per heavy atom. The van der Waals surface area contributed by atoms with Gasteiger partial charge in [0.05, 0.1) is 29.8 Å². The van der Waals surface area contributed by atoms with Gasteiger partial charge in [0.15, 0.2) is 0 Å². The van der Waals surface area contributed by atoms with E-state index >= 15 is 0 Å². The van der Waals surface area contributed by atoms with E-state index in [1.165, 1.54) is 11.3 Å². The Hall–Kier alpha value is -1.43. The average Bonchev–Trinajstić information content (AvgIpc) is 3.16. The van der Waals surface area contributed by atoms with Crippen molar-refractivity contribution in [1.82, 2.24) is 9.88 Å². The van der Waals surface area contributed by atoms with E-state index in [1.807, 2.05) is 29.6 Å². The summed E-state index contributed by atoms with van der Waals surface area (Å²) in [6, 6.07) is 7.53. The number of benzene rings is 1. The zero-order valence-electron chi connectivity index (χ0n) is 12.0. The lowest BCUT2D eigenvalue weighted by atomic mass is 10.2. The van der Waals surface area contributed by atoms with Crippen LogP contribution < -0.4 is 0 Å². The summed E-state index contributed by atoms with van der Waals surface area (Å²) >= 11 is 7.67. The van der Waals surface area contributed by atoms with Gasteiger partial charge in [-0.2, -0.15) is 0 Å². The van der Waals surface area contributed by atoms with E-state index in [0.29, 0.717) is 5.02 Å².